The molecule has 0 aliphatic heterocycles. The van der Waals surface area contributed by atoms with E-state index in [4.69, 9.17) is 10.2 Å². The van der Waals surface area contributed by atoms with Gasteiger partial charge in [-0.15, -0.1) is 0 Å². The van der Waals surface area contributed by atoms with Gasteiger partial charge in [-0.3, -0.25) is 9.97 Å². The molecule has 1 aromatic carbocycles. The second-order valence-electron chi connectivity index (χ2n) is 5.93. The van der Waals surface area contributed by atoms with Gasteiger partial charge in [0, 0.05) is 29.8 Å². The number of nitrogens with two attached hydrogens (primary N) is 1. The summed E-state index contributed by atoms with van der Waals surface area (Å²) < 4.78 is 58.0. The minimum Gasteiger partial charge on any atom is -0.436 e. The molecule has 3 N–H and O–H groups in total. The largest absolute Gasteiger partial charge is 0.436 e. The van der Waals surface area contributed by atoms with Crippen LogP contribution in [0, 0.1) is 5.82 Å². The Morgan fingerprint density at radius 2 is 1.75 bits per heavy atom. The SMILES string of the molecule is Nc1oc2c(-c3ccncc3)nccc2c1Nc1ccc(F)c(C(F)(F)F)c1. The van der Waals surface area contributed by atoms with E-state index < -0.39 is 17.6 Å². The number of fused-ring (bicyclic) bond motifs is 1. The predicted molar refractivity (Wildman–Crippen MR) is 96.3 cm³/mol. The quantitative estimate of drug-likeness (QED) is 0.461. The number of furan rings is 1. The molecule has 142 valence electrons. The highest BCUT2D eigenvalue weighted by molar-refractivity contribution is 6.03. The Labute approximate surface area is 155 Å². The highest BCUT2D eigenvalue weighted by Gasteiger charge is 2.34. The second kappa shape index (κ2) is 6.52. The summed E-state index contributed by atoms with van der Waals surface area (Å²) in [6, 6.07) is 7.71. The molecule has 0 aliphatic rings. The van der Waals surface area contributed by atoms with Gasteiger partial charge in [0.25, 0.3) is 0 Å². The molecule has 0 amide bonds. The van der Waals surface area contributed by atoms with Crippen LogP contribution in [-0.2, 0) is 6.18 Å². The van der Waals surface area contributed by atoms with Crippen LogP contribution in [0.1, 0.15) is 5.56 Å². The van der Waals surface area contributed by atoms with Gasteiger partial charge in [-0.25, -0.2) is 4.39 Å². The number of pyridine rings is 2. The Morgan fingerprint density at radius 3 is 2.46 bits per heavy atom. The van der Waals surface area contributed by atoms with Gasteiger partial charge >= 0.3 is 6.18 Å². The molecule has 0 saturated carbocycles. The van der Waals surface area contributed by atoms with Gasteiger partial charge in [0.05, 0.1) is 10.9 Å². The maximum Gasteiger partial charge on any atom is 0.419 e. The Balaban J connectivity index is 1.80. The van der Waals surface area contributed by atoms with Crippen LogP contribution < -0.4 is 11.1 Å². The number of nitrogen functional groups attached to an aromatic ring is 1. The minimum absolute atomic E-state index is 0.0189. The molecule has 0 spiro atoms. The first-order valence-corrected chi connectivity index (χ1v) is 8.06. The maximum atomic E-state index is 13.5. The van der Waals surface area contributed by atoms with E-state index in [1.54, 1.807) is 30.6 Å². The molecular weight excluding hydrogens is 376 g/mol. The van der Waals surface area contributed by atoms with Crippen LogP contribution in [0.4, 0.5) is 34.8 Å². The second-order valence-corrected chi connectivity index (χ2v) is 5.93. The molecule has 0 unspecified atom stereocenters. The zero-order valence-corrected chi connectivity index (χ0v) is 14.1. The summed E-state index contributed by atoms with van der Waals surface area (Å²) in [7, 11) is 0. The van der Waals surface area contributed by atoms with Gasteiger partial charge in [0.1, 0.15) is 17.2 Å². The van der Waals surface area contributed by atoms with Gasteiger partial charge in [-0.05, 0) is 36.4 Å². The fourth-order valence-corrected chi connectivity index (χ4v) is 2.85. The van der Waals surface area contributed by atoms with Crippen LogP contribution in [0.3, 0.4) is 0 Å². The van der Waals surface area contributed by atoms with Crippen LogP contribution in [0.15, 0.2) is 59.4 Å². The molecule has 28 heavy (non-hydrogen) atoms. The lowest BCUT2D eigenvalue weighted by Crippen LogP contribution is -2.08. The third kappa shape index (κ3) is 3.11. The van der Waals surface area contributed by atoms with E-state index in [1.165, 1.54) is 12.3 Å². The predicted octanol–water partition coefficient (Wildman–Crippen LogP) is 5.37. The van der Waals surface area contributed by atoms with Crippen LogP contribution in [0.5, 0.6) is 0 Å². The number of anilines is 3. The van der Waals surface area contributed by atoms with Crippen molar-refractivity contribution in [2.45, 2.75) is 6.18 Å². The molecule has 0 radical (unpaired) electrons. The average molecular weight is 388 g/mol. The van der Waals surface area contributed by atoms with Crippen molar-refractivity contribution in [1.29, 1.82) is 0 Å². The van der Waals surface area contributed by atoms with E-state index in [2.05, 4.69) is 15.3 Å². The van der Waals surface area contributed by atoms with E-state index >= 15 is 0 Å². The highest BCUT2D eigenvalue weighted by atomic mass is 19.4. The molecule has 0 saturated heterocycles. The van der Waals surface area contributed by atoms with Gasteiger partial charge in [0.2, 0.25) is 5.88 Å². The van der Waals surface area contributed by atoms with Crippen molar-refractivity contribution in [1.82, 2.24) is 9.97 Å². The smallest absolute Gasteiger partial charge is 0.419 e. The summed E-state index contributed by atoms with van der Waals surface area (Å²) in [5.74, 6) is -1.39. The normalized spacial score (nSPS) is 11.7. The molecule has 0 bridgehead atoms. The third-order valence-electron chi connectivity index (χ3n) is 4.13. The van der Waals surface area contributed by atoms with Crippen molar-refractivity contribution >= 4 is 28.2 Å². The Bertz CT molecular complexity index is 1160. The lowest BCUT2D eigenvalue weighted by atomic mass is 10.1. The van der Waals surface area contributed by atoms with E-state index in [-0.39, 0.29) is 17.3 Å². The van der Waals surface area contributed by atoms with Crippen molar-refractivity contribution < 1.29 is 22.0 Å². The zero-order chi connectivity index (χ0) is 19.9. The van der Waals surface area contributed by atoms with Gasteiger partial charge in [-0.2, -0.15) is 13.2 Å². The number of benzene rings is 1. The van der Waals surface area contributed by atoms with Crippen molar-refractivity contribution in [3.8, 4) is 11.3 Å². The van der Waals surface area contributed by atoms with Crippen LogP contribution in [-0.4, -0.2) is 9.97 Å². The summed E-state index contributed by atoms with van der Waals surface area (Å²) in [4.78, 5) is 8.24. The van der Waals surface area contributed by atoms with Crippen molar-refractivity contribution in [2.75, 3.05) is 11.1 Å². The molecule has 5 nitrogen and oxygen atoms in total. The van der Waals surface area contributed by atoms with Gasteiger partial charge < -0.3 is 15.5 Å². The maximum absolute atomic E-state index is 13.5. The molecule has 4 rings (SSSR count). The summed E-state index contributed by atoms with van der Waals surface area (Å²) in [5, 5.41) is 3.31. The summed E-state index contributed by atoms with van der Waals surface area (Å²) in [6.45, 7) is 0. The first kappa shape index (κ1) is 17.8. The Morgan fingerprint density at radius 1 is 1.00 bits per heavy atom. The van der Waals surface area contributed by atoms with Crippen molar-refractivity contribution in [2.24, 2.45) is 0 Å². The van der Waals surface area contributed by atoms with Crippen LogP contribution in [0.2, 0.25) is 0 Å². The van der Waals surface area contributed by atoms with Crippen molar-refractivity contribution in [3.63, 3.8) is 0 Å². The monoisotopic (exact) mass is 388 g/mol. The van der Waals surface area contributed by atoms with E-state index in [1.807, 2.05) is 0 Å². The number of rotatable bonds is 3. The fourth-order valence-electron chi connectivity index (χ4n) is 2.85. The van der Waals surface area contributed by atoms with Crippen LogP contribution in [0.25, 0.3) is 22.2 Å². The standard InChI is InChI=1S/C19H12F4N4O/c20-14-2-1-11(9-13(14)19(21,22)23)27-16-12-5-8-26-15(17(12)28-18(16)24)10-3-6-25-7-4-10/h1-9,27H,24H2. The van der Waals surface area contributed by atoms with E-state index in [9.17, 15) is 17.6 Å². The first-order chi connectivity index (χ1) is 13.3. The molecule has 9 heteroatoms. The van der Waals surface area contributed by atoms with Crippen LogP contribution >= 0.6 is 0 Å². The number of nitrogens with one attached hydrogen (secondary N) is 1. The molecule has 3 aromatic heterocycles. The average Bonchev–Trinajstić information content (AvgIpc) is 2.98. The summed E-state index contributed by atoms with van der Waals surface area (Å²) >= 11 is 0. The number of hydrogen-bond donors (Lipinski definition) is 2. The number of alkyl halides is 3. The number of aromatic nitrogens is 2. The molecule has 3 heterocycles. The minimum atomic E-state index is -4.82. The molecule has 0 fully saturated rings. The summed E-state index contributed by atoms with van der Waals surface area (Å²) in [5.41, 5.74) is 6.47. The lowest BCUT2D eigenvalue weighted by Gasteiger charge is -2.11. The van der Waals surface area contributed by atoms with Gasteiger partial charge in [0.15, 0.2) is 5.58 Å². The van der Waals surface area contributed by atoms with Crippen molar-refractivity contribution in [3.05, 3.63) is 66.4 Å². The molecule has 4 aromatic rings. The third-order valence-corrected chi connectivity index (χ3v) is 4.13. The van der Waals surface area contributed by atoms with Gasteiger partial charge in [-0.1, -0.05) is 0 Å². The first-order valence-electron chi connectivity index (χ1n) is 8.06. The lowest BCUT2D eigenvalue weighted by molar-refractivity contribution is -0.139. The number of hydrogen-bond acceptors (Lipinski definition) is 5. The Kier molecular flexibility index (Phi) is 4.14. The fraction of sp³-hybridized carbons (Fsp3) is 0.0526. The molecular formula is C19H12F4N4O. The summed E-state index contributed by atoms with van der Waals surface area (Å²) in [6.07, 6.45) is -0.0920. The topological polar surface area (TPSA) is 77.0 Å². The number of nitrogens with zero attached hydrogens (tertiary/aromatic N) is 2. The highest BCUT2D eigenvalue weighted by Crippen LogP contribution is 2.40. The van der Waals surface area contributed by atoms with E-state index in [0.29, 0.717) is 22.7 Å². The number of halogens is 4. The molecule has 0 aliphatic carbocycles. The van der Waals surface area contributed by atoms with E-state index in [0.717, 1.165) is 11.6 Å². The zero-order valence-electron chi connectivity index (χ0n) is 14.1. The Hall–Kier alpha value is -3.62. The molecule has 0 atom stereocenters.